The van der Waals surface area contributed by atoms with E-state index in [4.69, 9.17) is 10.5 Å². The Hall–Kier alpha value is -2.49. The van der Waals surface area contributed by atoms with Crippen LogP contribution in [0.2, 0.25) is 0 Å². The summed E-state index contributed by atoms with van der Waals surface area (Å²) in [5.74, 6) is -0.381. The number of esters is 1. The van der Waals surface area contributed by atoms with Gasteiger partial charge in [0, 0.05) is 0 Å². The van der Waals surface area contributed by atoms with Crippen LogP contribution in [0.5, 0.6) is 0 Å². The van der Waals surface area contributed by atoms with Crippen molar-refractivity contribution >= 4 is 23.0 Å². The average molecular weight is 256 g/mol. The standard InChI is InChI=1S/C15H16N2O2/c1-10-7-8-14(12(16)9-10)17-13-6-4-3-5-11(13)15(18)19-2/h3-9,17H,16H2,1-2H3. The molecule has 4 nitrogen and oxygen atoms in total. The first-order valence-electron chi connectivity index (χ1n) is 5.92. The maximum absolute atomic E-state index is 11.7. The van der Waals surface area contributed by atoms with Gasteiger partial charge in [-0.3, -0.25) is 0 Å². The molecule has 98 valence electrons. The second-order valence-corrected chi connectivity index (χ2v) is 4.25. The van der Waals surface area contributed by atoms with E-state index in [0.717, 1.165) is 11.3 Å². The zero-order valence-corrected chi connectivity index (χ0v) is 10.9. The predicted molar refractivity (Wildman–Crippen MR) is 76.7 cm³/mol. The summed E-state index contributed by atoms with van der Waals surface area (Å²) in [6.45, 7) is 1.97. The van der Waals surface area contributed by atoms with E-state index >= 15 is 0 Å². The molecule has 0 aliphatic heterocycles. The van der Waals surface area contributed by atoms with Crippen molar-refractivity contribution in [3.8, 4) is 0 Å². The molecular formula is C15H16N2O2. The molecule has 0 aliphatic carbocycles. The van der Waals surface area contributed by atoms with Gasteiger partial charge in [0.2, 0.25) is 0 Å². The number of carbonyl (C=O) groups excluding carboxylic acids is 1. The van der Waals surface area contributed by atoms with Gasteiger partial charge in [-0.25, -0.2) is 4.79 Å². The summed E-state index contributed by atoms with van der Waals surface area (Å²) in [6.07, 6.45) is 0. The first-order valence-corrected chi connectivity index (χ1v) is 5.92. The smallest absolute Gasteiger partial charge is 0.339 e. The van der Waals surface area contributed by atoms with Crippen molar-refractivity contribution in [3.63, 3.8) is 0 Å². The van der Waals surface area contributed by atoms with Crippen LogP contribution in [-0.4, -0.2) is 13.1 Å². The van der Waals surface area contributed by atoms with Gasteiger partial charge in [0.1, 0.15) is 0 Å². The lowest BCUT2D eigenvalue weighted by Gasteiger charge is -2.12. The molecule has 0 heterocycles. The number of rotatable bonds is 3. The fraction of sp³-hybridized carbons (Fsp3) is 0.133. The van der Waals surface area contributed by atoms with E-state index in [1.807, 2.05) is 37.3 Å². The number of para-hydroxylation sites is 1. The predicted octanol–water partition coefficient (Wildman–Crippen LogP) is 3.11. The van der Waals surface area contributed by atoms with E-state index < -0.39 is 0 Å². The minimum Gasteiger partial charge on any atom is -0.465 e. The average Bonchev–Trinajstić information content (AvgIpc) is 2.41. The quantitative estimate of drug-likeness (QED) is 0.654. The maximum Gasteiger partial charge on any atom is 0.339 e. The second kappa shape index (κ2) is 5.44. The van der Waals surface area contributed by atoms with Gasteiger partial charge in [-0.1, -0.05) is 18.2 Å². The molecule has 0 spiro atoms. The summed E-state index contributed by atoms with van der Waals surface area (Å²) >= 11 is 0. The van der Waals surface area contributed by atoms with Crippen LogP contribution >= 0.6 is 0 Å². The Kier molecular flexibility index (Phi) is 3.71. The zero-order valence-electron chi connectivity index (χ0n) is 10.9. The van der Waals surface area contributed by atoms with E-state index in [-0.39, 0.29) is 5.97 Å². The van der Waals surface area contributed by atoms with Crippen molar-refractivity contribution in [2.24, 2.45) is 0 Å². The molecule has 0 saturated heterocycles. The van der Waals surface area contributed by atoms with Gasteiger partial charge >= 0.3 is 5.97 Å². The van der Waals surface area contributed by atoms with E-state index in [9.17, 15) is 4.79 Å². The Morgan fingerprint density at radius 3 is 2.58 bits per heavy atom. The van der Waals surface area contributed by atoms with Gasteiger partial charge in [-0.2, -0.15) is 0 Å². The molecule has 0 atom stereocenters. The Balaban J connectivity index is 2.35. The number of hydrogen-bond acceptors (Lipinski definition) is 4. The van der Waals surface area contributed by atoms with E-state index in [1.165, 1.54) is 7.11 Å². The summed E-state index contributed by atoms with van der Waals surface area (Å²) in [4.78, 5) is 11.7. The fourth-order valence-electron chi connectivity index (χ4n) is 1.82. The molecule has 4 heteroatoms. The van der Waals surface area contributed by atoms with E-state index in [2.05, 4.69) is 5.32 Å². The number of hydrogen-bond donors (Lipinski definition) is 2. The molecule has 0 saturated carbocycles. The summed E-state index contributed by atoms with van der Waals surface area (Å²) in [7, 11) is 1.36. The third kappa shape index (κ3) is 2.85. The maximum atomic E-state index is 11.7. The number of nitrogens with one attached hydrogen (secondary N) is 1. The highest BCUT2D eigenvalue weighted by Crippen LogP contribution is 2.26. The van der Waals surface area contributed by atoms with Crippen LogP contribution in [0.4, 0.5) is 17.1 Å². The molecule has 0 aliphatic rings. The Bertz CT molecular complexity index is 609. The summed E-state index contributed by atoms with van der Waals surface area (Å²) < 4.78 is 4.75. The number of benzene rings is 2. The molecule has 0 radical (unpaired) electrons. The molecule has 0 unspecified atom stereocenters. The SMILES string of the molecule is COC(=O)c1ccccc1Nc1ccc(C)cc1N. The van der Waals surface area contributed by atoms with Crippen LogP contribution in [0.1, 0.15) is 15.9 Å². The fourth-order valence-corrected chi connectivity index (χ4v) is 1.82. The molecule has 0 amide bonds. The van der Waals surface area contributed by atoms with Gasteiger partial charge in [0.05, 0.1) is 29.7 Å². The van der Waals surface area contributed by atoms with Gasteiger partial charge < -0.3 is 15.8 Å². The van der Waals surface area contributed by atoms with Crippen LogP contribution in [0.15, 0.2) is 42.5 Å². The minimum absolute atomic E-state index is 0.381. The van der Waals surface area contributed by atoms with Crippen molar-refractivity contribution in [2.45, 2.75) is 6.92 Å². The van der Waals surface area contributed by atoms with Gasteiger partial charge in [-0.15, -0.1) is 0 Å². The number of anilines is 3. The van der Waals surface area contributed by atoms with Gasteiger partial charge in [0.25, 0.3) is 0 Å². The molecular weight excluding hydrogens is 240 g/mol. The topological polar surface area (TPSA) is 64.3 Å². The lowest BCUT2D eigenvalue weighted by molar-refractivity contribution is 0.0602. The minimum atomic E-state index is -0.381. The number of nitrogens with two attached hydrogens (primary N) is 1. The van der Waals surface area contributed by atoms with Crippen LogP contribution in [0.3, 0.4) is 0 Å². The number of carbonyl (C=O) groups is 1. The first-order chi connectivity index (χ1) is 9.11. The molecule has 0 fully saturated rings. The Morgan fingerprint density at radius 2 is 1.89 bits per heavy atom. The van der Waals surface area contributed by atoms with Crippen LogP contribution in [0.25, 0.3) is 0 Å². The molecule has 2 aromatic rings. The molecule has 3 N–H and O–H groups in total. The normalized spacial score (nSPS) is 10.0. The third-order valence-corrected chi connectivity index (χ3v) is 2.81. The van der Waals surface area contributed by atoms with Gasteiger partial charge in [0.15, 0.2) is 0 Å². The largest absolute Gasteiger partial charge is 0.465 e. The third-order valence-electron chi connectivity index (χ3n) is 2.81. The highest BCUT2D eigenvalue weighted by atomic mass is 16.5. The van der Waals surface area contributed by atoms with Crippen molar-refractivity contribution in [1.82, 2.24) is 0 Å². The van der Waals surface area contributed by atoms with Gasteiger partial charge in [-0.05, 0) is 36.8 Å². The van der Waals surface area contributed by atoms with Crippen LogP contribution in [-0.2, 0) is 4.74 Å². The molecule has 19 heavy (non-hydrogen) atoms. The van der Waals surface area contributed by atoms with Crippen LogP contribution in [0, 0.1) is 6.92 Å². The number of ether oxygens (including phenoxy) is 1. The van der Waals surface area contributed by atoms with Crippen molar-refractivity contribution < 1.29 is 9.53 Å². The Morgan fingerprint density at radius 1 is 1.16 bits per heavy atom. The summed E-state index contributed by atoms with van der Waals surface area (Å²) in [6, 6.07) is 12.9. The lowest BCUT2D eigenvalue weighted by Crippen LogP contribution is -2.06. The van der Waals surface area contributed by atoms with Crippen molar-refractivity contribution in [3.05, 3.63) is 53.6 Å². The monoisotopic (exact) mass is 256 g/mol. The highest BCUT2D eigenvalue weighted by Gasteiger charge is 2.11. The van der Waals surface area contributed by atoms with Crippen molar-refractivity contribution in [1.29, 1.82) is 0 Å². The lowest BCUT2D eigenvalue weighted by atomic mass is 10.1. The number of methoxy groups -OCH3 is 1. The van der Waals surface area contributed by atoms with Crippen molar-refractivity contribution in [2.75, 3.05) is 18.2 Å². The second-order valence-electron chi connectivity index (χ2n) is 4.25. The molecule has 2 rings (SSSR count). The first kappa shape index (κ1) is 13.0. The zero-order chi connectivity index (χ0) is 13.8. The van der Waals surface area contributed by atoms with E-state index in [1.54, 1.807) is 12.1 Å². The number of aryl methyl sites for hydroxylation is 1. The van der Waals surface area contributed by atoms with E-state index in [0.29, 0.717) is 16.9 Å². The summed E-state index contributed by atoms with van der Waals surface area (Å²) in [5, 5.41) is 3.16. The molecule has 2 aromatic carbocycles. The number of nitrogen functional groups attached to an aromatic ring is 1. The molecule has 0 bridgehead atoms. The van der Waals surface area contributed by atoms with Crippen LogP contribution < -0.4 is 11.1 Å². The molecule has 0 aromatic heterocycles. The highest BCUT2D eigenvalue weighted by molar-refractivity contribution is 5.97. The summed E-state index contributed by atoms with van der Waals surface area (Å²) in [5.41, 5.74) is 9.59. The Labute approximate surface area is 112 Å².